The lowest BCUT2D eigenvalue weighted by molar-refractivity contribution is -0.286. The summed E-state index contributed by atoms with van der Waals surface area (Å²) in [7, 11) is -1.81. The Bertz CT molecular complexity index is 1090. The Kier molecular flexibility index (Phi) is 5.12. The molecule has 2 aliphatic rings. The molecule has 160 valence electrons. The minimum Gasteiger partial charge on any atom is -0.395 e. The summed E-state index contributed by atoms with van der Waals surface area (Å²) in [5.74, 6) is -0.932. The highest BCUT2D eigenvalue weighted by Crippen LogP contribution is 2.42. The van der Waals surface area contributed by atoms with E-state index in [1.54, 1.807) is 0 Å². The fraction of sp³-hybridized carbons (Fsp3) is 0.316. The van der Waals surface area contributed by atoms with Crippen molar-refractivity contribution in [2.75, 3.05) is 38.5 Å². The van der Waals surface area contributed by atoms with Crippen LogP contribution in [-0.2, 0) is 10.0 Å². The summed E-state index contributed by atoms with van der Waals surface area (Å²) < 4.78 is 62.1. The SMILES string of the molecule is CN1CCN(S(=O)(=O)c2cccc(C(=O)Nc3ccc4c(c3)OC(F)(F)O4)c2)CC1. The molecule has 4 rings (SSSR count). The molecule has 1 saturated heterocycles. The molecular weight excluding hydrogens is 420 g/mol. The summed E-state index contributed by atoms with van der Waals surface area (Å²) in [4.78, 5) is 14.7. The van der Waals surface area contributed by atoms with Gasteiger partial charge >= 0.3 is 6.29 Å². The second-order valence-electron chi connectivity index (χ2n) is 7.02. The topological polar surface area (TPSA) is 88.2 Å². The highest BCUT2D eigenvalue weighted by Gasteiger charge is 2.43. The molecule has 0 unspecified atom stereocenters. The van der Waals surface area contributed by atoms with E-state index in [2.05, 4.69) is 14.8 Å². The standard InChI is InChI=1S/C19H19F2N3O5S/c1-23-7-9-24(10-8-23)30(26,27)15-4-2-3-13(11-15)18(25)22-14-5-6-16-17(12-14)29-19(20,21)28-16/h2-6,11-12H,7-10H2,1H3,(H,22,25). The fourth-order valence-corrected chi connectivity index (χ4v) is 4.67. The first-order valence-corrected chi connectivity index (χ1v) is 10.6. The predicted molar refractivity (Wildman–Crippen MR) is 103 cm³/mol. The van der Waals surface area contributed by atoms with Crippen molar-refractivity contribution in [3.63, 3.8) is 0 Å². The van der Waals surface area contributed by atoms with Crippen molar-refractivity contribution in [1.29, 1.82) is 0 Å². The van der Waals surface area contributed by atoms with Gasteiger partial charge in [0.05, 0.1) is 4.90 Å². The lowest BCUT2D eigenvalue weighted by Gasteiger charge is -2.31. The number of carbonyl (C=O) groups excluding carboxylic acids is 1. The van der Waals surface area contributed by atoms with Gasteiger partial charge in [-0.25, -0.2) is 8.42 Å². The number of alkyl halides is 2. The minimum absolute atomic E-state index is 0.0185. The number of fused-ring (bicyclic) bond motifs is 1. The lowest BCUT2D eigenvalue weighted by atomic mass is 10.2. The van der Waals surface area contributed by atoms with Crippen LogP contribution in [0.15, 0.2) is 47.4 Å². The van der Waals surface area contributed by atoms with Crippen molar-refractivity contribution in [1.82, 2.24) is 9.21 Å². The van der Waals surface area contributed by atoms with Gasteiger partial charge in [0, 0.05) is 43.5 Å². The number of nitrogens with zero attached hydrogens (tertiary/aromatic N) is 2. The monoisotopic (exact) mass is 439 g/mol. The van der Waals surface area contributed by atoms with E-state index < -0.39 is 22.2 Å². The summed E-state index contributed by atoms with van der Waals surface area (Å²) in [6.45, 7) is 2.00. The normalized spacial score (nSPS) is 18.9. The van der Waals surface area contributed by atoms with Gasteiger partial charge in [-0.3, -0.25) is 4.79 Å². The first-order valence-electron chi connectivity index (χ1n) is 9.14. The van der Waals surface area contributed by atoms with Gasteiger partial charge in [-0.1, -0.05) is 6.07 Å². The number of halogens is 2. The van der Waals surface area contributed by atoms with Gasteiger partial charge in [-0.05, 0) is 37.4 Å². The number of ether oxygens (including phenoxy) is 2. The molecule has 0 aromatic heterocycles. The third kappa shape index (κ3) is 4.09. The molecular formula is C19H19F2N3O5S. The van der Waals surface area contributed by atoms with Crippen molar-refractivity contribution in [3.05, 3.63) is 48.0 Å². The van der Waals surface area contributed by atoms with Crippen LogP contribution in [0.2, 0.25) is 0 Å². The molecule has 30 heavy (non-hydrogen) atoms. The third-order valence-corrected chi connectivity index (χ3v) is 6.75. The number of piperazine rings is 1. The Balaban J connectivity index is 1.51. The van der Waals surface area contributed by atoms with E-state index in [-0.39, 0.29) is 27.6 Å². The quantitative estimate of drug-likeness (QED) is 0.786. The molecule has 2 aromatic rings. The van der Waals surface area contributed by atoms with Crippen molar-refractivity contribution < 1.29 is 31.5 Å². The van der Waals surface area contributed by atoms with Gasteiger partial charge in [0.1, 0.15) is 0 Å². The van der Waals surface area contributed by atoms with Gasteiger partial charge in [0.2, 0.25) is 10.0 Å². The Morgan fingerprint density at radius 1 is 1.03 bits per heavy atom. The van der Waals surface area contributed by atoms with E-state index in [1.165, 1.54) is 46.8 Å². The number of rotatable bonds is 4. The van der Waals surface area contributed by atoms with Crippen LogP contribution in [0.4, 0.5) is 14.5 Å². The number of nitrogens with one attached hydrogen (secondary N) is 1. The zero-order chi connectivity index (χ0) is 21.5. The van der Waals surface area contributed by atoms with E-state index in [4.69, 9.17) is 0 Å². The maximum absolute atomic E-state index is 13.1. The number of amides is 1. The molecule has 1 fully saturated rings. The Hall–Kier alpha value is -2.76. The molecule has 1 amide bonds. The number of hydrogen-bond acceptors (Lipinski definition) is 6. The first kappa shape index (κ1) is 20.5. The van der Waals surface area contributed by atoms with Crippen molar-refractivity contribution in [2.24, 2.45) is 0 Å². The molecule has 0 radical (unpaired) electrons. The van der Waals surface area contributed by atoms with Crippen LogP contribution in [0.5, 0.6) is 11.5 Å². The molecule has 8 nitrogen and oxygen atoms in total. The van der Waals surface area contributed by atoms with Crippen LogP contribution in [0.3, 0.4) is 0 Å². The zero-order valence-electron chi connectivity index (χ0n) is 16.0. The number of benzene rings is 2. The molecule has 0 spiro atoms. The minimum atomic E-state index is -3.75. The van der Waals surface area contributed by atoms with Crippen LogP contribution in [0.25, 0.3) is 0 Å². The van der Waals surface area contributed by atoms with Crippen LogP contribution in [0, 0.1) is 0 Å². The van der Waals surface area contributed by atoms with E-state index in [0.29, 0.717) is 26.2 Å². The summed E-state index contributed by atoms with van der Waals surface area (Å²) >= 11 is 0. The summed E-state index contributed by atoms with van der Waals surface area (Å²) in [5, 5.41) is 2.54. The van der Waals surface area contributed by atoms with E-state index in [0.717, 1.165) is 0 Å². The molecule has 0 bridgehead atoms. The average molecular weight is 439 g/mol. The smallest absolute Gasteiger partial charge is 0.395 e. The molecule has 11 heteroatoms. The molecule has 2 aliphatic heterocycles. The molecule has 0 aliphatic carbocycles. The first-order chi connectivity index (χ1) is 14.1. The van der Waals surface area contributed by atoms with E-state index >= 15 is 0 Å². The second-order valence-corrected chi connectivity index (χ2v) is 8.96. The molecule has 0 atom stereocenters. The highest BCUT2D eigenvalue weighted by atomic mass is 32.2. The fourth-order valence-electron chi connectivity index (χ4n) is 3.21. The largest absolute Gasteiger partial charge is 0.586 e. The van der Waals surface area contributed by atoms with Crippen LogP contribution < -0.4 is 14.8 Å². The van der Waals surface area contributed by atoms with Gasteiger partial charge < -0.3 is 19.7 Å². The summed E-state index contributed by atoms with van der Waals surface area (Å²) in [6.07, 6.45) is -3.75. The summed E-state index contributed by atoms with van der Waals surface area (Å²) in [6, 6.07) is 9.53. The van der Waals surface area contributed by atoms with Gasteiger partial charge in [0.25, 0.3) is 5.91 Å². The van der Waals surface area contributed by atoms with Gasteiger partial charge in [-0.2, -0.15) is 4.31 Å². The van der Waals surface area contributed by atoms with Crippen molar-refractivity contribution >= 4 is 21.6 Å². The number of hydrogen-bond donors (Lipinski definition) is 1. The number of anilines is 1. The Morgan fingerprint density at radius 2 is 1.73 bits per heavy atom. The number of likely N-dealkylation sites (N-methyl/N-ethyl adjacent to an activating group) is 1. The van der Waals surface area contributed by atoms with Crippen molar-refractivity contribution in [3.8, 4) is 11.5 Å². The van der Waals surface area contributed by atoms with Crippen LogP contribution in [-0.4, -0.2) is 63.1 Å². The highest BCUT2D eigenvalue weighted by molar-refractivity contribution is 7.89. The van der Waals surface area contributed by atoms with E-state index in [1.807, 2.05) is 11.9 Å². The number of sulfonamides is 1. The molecule has 1 N–H and O–H groups in total. The maximum Gasteiger partial charge on any atom is 0.586 e. The zero-order valence-corrected chi connectivity index (χ0v) is 16.8. The molecule has 0 saturated carbocycles. The maximum atomic E-state index is 13.1. The van der Waals surface area contributed by atoms with E-state index in [9.17, 15) is 22.0 Å². The summed E-state index contributed by atoms with van der Waals surface area (Å²) in [5.41, 5.74) is 0.320. The predicted octanol–water partition coefficient (Wildman–Crippen LogP) is 2.20. The van der Waals surface area contributed by atoms with Gasteiger partial charge in [0.15, 0.2) is 11.5 Å². The Labute approximate surface area is 172 Å². The van der Waals surface area contributed by atoms with Crippen molar-refractivity contribution in [2.45, 2.75) is 11.2 Å². The molecule has 2 aromatic carbocycles. The second kappa shape index (κ2) is 7.49. The van der Waals surface area contributed by atoms with Crippen LogP contribution >= 0.6 is 0 Å². The van der Waals surface area contributed by atoms with Gasteiger partial charge in [-0.15, -0.1) is 8.78 Å². The van der Waals surface area contributed by atoms with Crippen LogP contribution in [0.1, 0.15) is 10.4 Å². The lowest BCUT2D eigenvalue weighted by Crippen LogP contribution is -2.47. The Morgan fingerprint density at radius 3 is 2.47 bits per heavy atom. The number of carbonyl (C=O) groups is 1. The molecule has 2 heterocycles. The average Bonchev–Trinajstić information content (AvgIpc) is 3.01. The third-order valence-electron chi connectivity index (χ3n) is 4.86.